The standard InChI is InChI=1S/C20H21N5OS3/c1-2-6-14(7-3-1)25-17(12-15-8-4-10-27-15)22-23-20(25)29-13-18-21-19(24-26-18)16-9-5-11-28-16/h4-5,8-11,14H,1-3,6-7,12-13H2. The summed E-state index contributed by atoms with van der Waals surface area (Å²) in [6, 6.07) is 8.75. The number of hydrogen-bond acceptors (Lipinski definition) is 8. The number of hydrogen-bond donors (Lipinski definition) is 0. The minimum Gasteiger partial charge on any atom is -0.338 e. The van der Waals surface area contributed by atoms with Crippen LogP contribution in [-0.2, 0) is 12.2 Å². The second-order valence-corrected chi connectivity index (χ2v) is 10.0. The summed E-state index contributed by atoms with van der Waals surface area (Å²) in [5.41, 5.74) is 0. The molecule has 0 aromatic carbocycles. The Morgan fingerprint density at radius 2 is 1.93 bits per heavy atom. The lowest BCUT2D eigenvalue weighted by Crippen LogP contribution is -2.16. The van der Waals surface area contributed by atoms with E-state index in [1.807, 2.05) is 17.5 Å². The first-order chi connectivity index (χ1) is 14.4. The fourth-order valence-electron chi connectivity index (χ4n) is 3.75. The highest BCUT2D eigenvalue weighted by atomic mass is 32.2. The van der Waals surface area contributed by atoms with Crippen molar-refractivity contribution in [2.45, 2.75) is 55.5 Å². The second kappa shape index (κ2) is 8.81. The van der Waals surface area contributed by atoms with Crippen LogP contribution < -0.4 is 0 Å². The van der Waals surface area contributed by atoms with Crippen molar-refractivity contribution in [1.29, 1.82) is 0 Å². The van der Waals surface area contributed by atoms with Gasteiger partial charge in [0.25, 0.3) is 0 Å². The van der Waals surface area contributed by atoms with E-state index in [2.05, 4.69) is 42.4 Å². The van der Waals surface area contributed by atoms with Crippen molar-refractivity contribution in [1.82, 2.24) is 24.9 Å². The first-order valence-electron chi connectivity index (χ1n) is 9.82. The molecule has 5 rings (SSSR count). The normalized spacial score (nSPS) is 15.2. The summed E-state index contributed by atoms with van der Waals surface area (Å²) < 4.78 is 7.83. The number of thiophene rings is 2. The van der Waals surface area contributed by atoms with Crippen LogP contribution in [0, 0.1) is 0 Å². The van der Waals surface area contributed by atoms with E-state index < -0.39 is 0 Å². The molecule has 0 spiro atoms. The SMILES string of the molecule is c1csc(Cc2nnc(SCc3nc(-c4cccs4)no3)n2C2CCCCC2)c1. The molecule has 29 heavy (non-hydrogen) atoms. The monoisotopic (exact) mass is 443 g/mol. The van der Waals surface area contributed by atoms with Crippen LogP contribution >= 0.6 is 34.4 Å². The molecular weight excluding hydrogens is 422 g/mol. The van der Waals surface area contributed by atoms with E-state index in [0.29, 0.717) is 23.5 Å². The molecule has 6 nitrogen and oxygen atoms in total. The molecule has 0 atom stereocenters. The van der Waals surface area contributed by atoms with Crippen molar-refractivity contribution in [3.05, 3.63) is 51.6 Å². The zero-order valence-electron chi connectivity index (χ0n) is 15.9. The molecule has 1 fully saturated rings. The Labute approximate surface area is 181 Å². The summed E-state index contributed by atoms with van der Waals surface area (Å²) in [4.78, 5) is 6.88. The smallest absolute Gasteiger partial charge is 0.237 e. The van der Waals surface area contributed by atoms with Gasteiger partial charge in [-0.25, -0.2) is 0 Å². The third-order valence-electron chi connectivity index (χ3n) is 5.12. The van der Waals surface area contributed by atoms with E-state index in [9.17, 15) is 0 Å². The van der Waals surface area contributed by atoms with Crippen molar-refractivity contribution in [2.75, 3.05) is 0 Å². The fraction of sp³-hybridized carbons (Fsp3) is 0.400. The molecule has 1 aliphatic carbocycles. The maximum absolute atomic E-state index is 5.46. The van der Waals surface area contributed by atoms with Gasteiger partial charge in [-0.3, -0.25) is 0 Å². The molecular formula is C20H21N5OS3. The van der Waals surface area contributed by atoms with Crippen LogP contribution in [0.1, 0.15) is 54.7 Å². The quantitative estimate of drug-likeness (QED) is 0.334. The van der Waals surface area contributed by atoms with E-state index in [0.717, 1.165) is 22.3 Å². The van der Waals surface area contributed by atoms with Crippen LogP contribution in [-0.4, -0.2) is 24.9 Å². The highest BCUT2D eigenvalue weighted by molar-refractivity contribution is 7.98. The van der Waals surface area contributed by atoms with E-state index in [1.54, 1.807) is 34.4 Å². The van der Waals surface area contributed by atoms with Crippen molar-refractivity contribution in [3.8, 4) is 10.7 Å². The molecule has 1 aliphatic rings. The summed E-state index contributed by atoms with van der Waals surface area (Å²) >= 11 is 5.02. The van der Waals surface area contributed by atoms with Crippen LogP contribution in [0.4, 0.5) is 0 Å². The molecule has 4 aromatic rings. The summed E-state index contributed by atoms with van der Waals surface area (Å²) in [6.45, 7) is 0. The van der Waals surface area contributed by atoms with Gasteiger partial charge in [0.15, 0.2) is 5.16 Å². The molecule has 0 radical (unpaired) electrons. The van der Waals surface area contributed by atoms with Gasteiger partial charge in [0, 0.05) is 17.3 Å². The minimum atomic E-state index is 0.487. The molecule has 0 unspecified atom stereocenters. The van der Waals surface area contributed by atoms with Gasteiger partial charge >= 0.3 is 0 Å². The molecule has 0 N–H and O–H groups in total. The Morgan fingerprint density at radius 3 is 2.72 bits per heavy atom. The molecule has 150 valence electrons. The Kier molecular flexibility index (Phi) is 5.78. The lowest BCUT2D eigenvalue weighted by Gasteiger charge is -2.25. The molecule has 4 aromatic heterocycles. The Bertz CT molecular complexity index is 1030. The molecule has 1 saturated carbocycles. The van der Waals surface area contributed by atoms with Crippen LogP contribution in [0.15, 0.2) is 44.7 Å². The van der Waals surface area contributed by atoms with E-state index in [-0.39, 0.29) is 0 Å². The van der Waals surface area contributed by atoms with Gasteiger partial charge in [0.1, 0.15) is 5.82 Å². The third kappa shape index (κ3) is 4.31. The van der Waals surface area contributed by atoms with E-state index >= 15 is 0 Å². The zero-order chi connectivity index (χ0) is 19.5. The first kappa shape index (κ1) is 19.0. The van der Waals surface area contributed by atoms with Gasteiger partial charge in [-0.15, -0.1) is 32.9 Å². The molecule has 0 bridgehead atoms. The molecule has 4 heterocycles. The summed E-state index contributed by atoms with van der Waals surface area (Å²) in [7, 11) is 0. The topological polar surface area (TPSA) is 69.6 Å². The van der Waals surface area contributed by atoms with Gasteiger partial charge in [0.05, 0.1) is 10.6 Å². The molecule has 9 heteroatoms. The summed E-state index contributed by atoms with van der Waals surface area (Å²) in [5, 5.41) is 18.3. The predicted molar refractivity (Wildman–Crippen MR) is 116 cm³/mol. The lowest BCUT2D eigenvalue weighted by atomic mass is 9.95. The third-order valence-corrected chi connectivity index (χ3v) is 7.79. The number of thioether (sulfide) groups is 1. The predicted octanol–water partition coefficient (Wildman–Crippen LogP) is 5.84. The lowest BCUT2D eigenvalue weighted by molar-refractivity contribution is 0.330. The van der Waals surface area contributed by atoms with Crippen LogP contribution in [0.3, 0.4) is 0 Å². The van der Waals surface area contributed by atoms with E-state index in [1.165, 1.54) is 37.0 Å². The van der Waals surface area contributed by atoms with Gasteiger partial charge in [0.2, 0.25) is 11.7 Å². The Hall–Kier alpha value is -1.97. The molecule has 0 saturated heterocycles. The second-order valence-electron chi connectivity index (χ2n) is 7.09. The highest BCUT2D eigenvalue weighted by Crippen LogP contribution is 2.34. The van der Waals surface area contributed by atoms with E-state index in [4.69, 9.17) is 4.52 Å². The van der Waals surface area contributed by atoms with Crippen molar-refractivity contribution >= 4 is 34.4 Å². The fourth-order valence-corrected chi connectivity index (χ4v) is 5.96. The largest absolute Gasteiger partial charge is 0.338 e. The minimum absolute atomic E-state index is 0.487. The Morgan fingerprint density at radius 1 is 1.07 bits per heavy atom. The average Bonchev–Trinajstić information content (AvgIpc) is 3.54. The van der Waals surface area contributed by atoms with Gasteiger partial charge in [-0.2, -0.15) is 4.98 Å². The van der Waals surface area contributed by atoms with Gasteiger partial charge in [-0.1, -0.05) is 48.3 Å². The van der Waals surface area contributed by atoms with Crippen molar-refractivity contribution in [3.63, 3.8) is 0 Å². The maximum atomic E-state index is 5.46. The summed E-state index contributed by atoms with van der Waals surface area (Å²) in [5.74, 6) is 2.94. The first-order valence-corrected chi connectivity index (χ1v) is 12.6. The summed E-state index contributed by atoms with van der Waals surface area (Å²) in [6.07, 6.45) is 7.12. The number of rotatable bonds is 7. The van der Waals surface area contributed by atoms with Crippen molar-refractivity contribution < 1.29 is 4.52 Å². The van der Waals surface area contributed by atoms with Crippen molar-refractivity contribution in [2.24, 2.45) is 0 Å². The number of nitrogens with zero attached hydrogens (tertiary/aromatic N) is 5. The van der Waals surface area contributed by atoms with Crippen LogP contribution in [0.5, 0.6) is 0 Å². The van der Waals surface area contributed by atoms with Crippen LogP contribution in [0.25, 0.3) is 10.7 Å². The Balaban J connectivity index is 1.35. The number of aromatic nitrogens is 5. The van der Waals surface area contributed by atoms with Gasteiger partial charge in [-0.05, 0) is 35.7 Å². The maximum Gasteiger partial charge on any atom is 0.237 e. The highest BCUT2D eigenvalue weighted by Gasteiger charge is 2.24. The van der Waals surface area contributed by atoms with Crippen LogP contribution in [0.2, 0.25) is 0 Å². The average molecular weight is 444 g/mol. The molecule has 0 amide bonds. The zero-order valence-corrected chi connectivity index (χ0v) is 18.3. The van der Waals surface area contributed by atoms with Gasteiger partial charge < -0.3 is 9.09 Å². The molecule has 0 aliphatic heterocycles.